The highest BCUT2D eigenvalue weighted by atomic mass is 32.2. The van der Waals surface area contributed by atoms with Gasteiger partial charge in [-0.15, -0.1) is 0 Å². The molecule has 1 aliphatic heterocycles. The number of amides is 1. The molecule has 1 aliphatic rings. The van der Waals surface area contributed by atoms with E-state index >= 15 is 0 Å². The van der Waals surface area contributed by atoms with Crippen LogP contribution in [0.25, 0.3) is 0 Å². The first-order valence-electron chi connectivity index (χ1n) is 9.25. The number of sulfonamides is 1. The Morgan fingerprint density at radius 1 is 1.21 bits per heavy atom. The summed E-state index contributed by atoms with van der Waals surface area (Å²) < 4.78 is 38.0. The Hall–Kier alpha value is -2.68. The number of aryl methyl sites for hydroxylation is 1. The van der Waals surface area contributed by atoms with Gasteiger partial charge in [0.2, 0.25) is 10.0 Å². The third kappa shape index (κ3) is 5.03. The number of hydrogen-bond acceptors (Lipinski definition) is 5. The number of hydrogen-bond donors (Lipinski definition) is 1. The molecule has 1 amide bonds. The first-order valence-corrected chi connectivity index (χ1v) is 10.7. The fourth-order valence-electron chi connectivity index (χ4n) is 2.94. The highest BCUT2D eigenvalue weighted by Crippen LogP contribution is 2.23. The molecular weight excluding hydrogens is 392 g/mol. The molecule has 0 bridgehead atoms. The first-order chi connectivity index (χ1) is 13.9. The molecule has 0 aliphatic carbocycles. The minimum Gasteiger partial charge on any atom is -0.490 e. The van der Waals surface area contributed by atoms with Gasteiger partial charge in [0.15, 0.2) is 0 Å². The number of morpholine rings is 1. The zero-order valence-electron chi connectivity index (χ0n) is 16.3. The number of anilines is 1. The van der Waals surface area contributed by atoms with Crippen molar-refractivity contribution < 1.29 is 22.7 Å². The smallest absolute Gasteiger partial charge is 0.255 e. The van der Waals surface area contributed by atoms with E-state index in [0.717, 1.165) is 0 Å². The van der Waals surface area contributed by atoms with Crippen molar-refractivity contribution in [2.75, 3.05) is 38.2 Å². The Balaban J connectivity index is 1.78. The molecule has 0 unspecified atom stereocenters. The van der Waals surface area contributed by atoms with Crippen LogP contribution in [-0.4, -0.2) is 51.5 Å². The predicted octanol–water partition coefficient (Wildman–Crippen LogP) is 2.83. The van der Waals surface area contributed by atoms with Crippen LogP contribution in [0.4, 0.5) is 5.69 Å². The number of nitrogens with zero attached hydrogens (tertiary/aromatic N) is 1. The normalized spacial score (nSPS) is 14.9. The molecule has 0 radical (unpaired) electrons. The summed E-state index contributed by atoms with van der Waals surface area (Å²) in [5, 5.41) is 2.78. The summed E-state index contributed by atoms with van der Waals surface area (Å²) in [6.07, 6.45) is 1.65. The van der Waals surface area contributed by atoms with E-state index in [9.17, 15) is 13.2 Å². The Kier molecular flexibility index (Phi) is 6.68. The van der Waals surface area contributed by atoms with Gasteiger partial charge in [-0.1, -0.05) is 18.7 Å². The van der Waals surface area contributed by atoms with Crippen LogP contribution in [0.5, 0.6) is 5.75 Å². The summed E-state index contributed by atoms with van der Waals surface area (Å²) >= 11 is 0. The standard InChI is InChI=1S/C21H24N2O5S/c1-3-12-28-19-8-6-18(7-9-19)22-21(24)17-5-4-16(2)20(15-17)29(25,26)23-10-13-27-14-11-23/h3-9,15H,1,10-14H2,2H3,(H,22,24). The second-order valence-electron chi connectivity index (χ2n) is 6.57. The van der Waals surface area contributed by atoms with Gasteiger partial charge in [-0.05, 0) is 48.9 Å². The number of benzene rings is 2. The molecule has 1 saturated heterocycles. The molecule has 3 rings (SSSR count). The third-order valence-electron chi connectivity index (χ3n) is 4.52. The van der Waals surface area contributed by atoms with Crippen molar-refractivity contribution in [2.24, 2.45) is 0 Å². The van der Waals surface area contributed by atoms with Crippen LogP contribution in [0.3, 0.4) is 0 Å². The Labute approximate surface area is 171 Å². The van der Waals surface area contributed by atoms with E-state index in [1.165, 1.54) is 10.4 Å². The van der Waals surface area contributed by atoms with E-state index in [1.807, 2.05) is 0 Å². The summed E-state index contributed by atoms with van der Waals surface area (Å²) in [5.74, 6) is 0.278. The van der Waals surface area contributed by atoms with E-state index in [0.29, 0.717) is 49.9 Å². The molecule has 154 valence electrons. The summed E-state index contributed by atoms with van der Waals surface area (Å²) in [7, 11) is -3.69. The van der Waals surface area contributed by atoms with Gasteiger partial charge in [0.25, 0.3) is 5.91 Å². The molecule has 2 aromatic rings. The quantitative estimate of drug-likeness (QED) is 0.702. The average molecular weight is 416 g/mol. The minimum atomic E-state index is -3.69. The van der Waals surface area contributed by atoms with Crippen molar-refractivity contribution in [1.29, 1.82) is 0 Å². The van der Waals surface area contributed by atoms with Crippen LogP contribution >= 0.6 is 0 Å². The van der Waals surface area contributed by atoms with Crippen LogP contribution in [0.15, 0.2) is 60.0 Å². The molecule has 1 fully saturated rings. The van der Waals surface area contributed by atoms with Gasteiger partial charge in [-0.2, -0.15) is 4.31 Å². The maximum absolute atomic E-state index is 13.0. The molecule has 29 heavy (non-hydrogen) atoms. The van der Waals surface area contributed by atoms with E-state index in [1.54, 1.807) is 49.4 Å². The van der Waals surface area contributed by atoms with Crippen LogP contribution in [0.2, 0.25) is 0 Å². The van der Waals surface area contributed by atoms with Gasteiger partial charge in [0, 0.05) is 24.3 Å². The molecule has 0 aromatic heterocycles. The SMILES string of the molecule is C=CCOc1ccc(NC(=O)c2ccc(C)c(S(=O)(=O)N3CCOCC3)c2)cc1. The molecule has 2 aromatic carbocycles. The lowest BCUT2D eigenvalue weighted by Gasteiger charge is -2.26. The largest absolute Gasteiger partial charge is 0.490 e. The number of carbonyl (C=O) groups excluding carboxylic acids is 1. The maximum Gasteiger partial charge on any atom is 0.255 e. The van der Waals surface area contributed by atoms with Crippen molar-refractivity contribution in [3.8, 4) is 5.75 Å². The lowest BCUT2D eigenvalue weighted by atomic mass is 10.1. The zero-order chi connectivity index (χ0) is 20.9. The first kappa shape index (κ1) is 21.0. The average Bonchev–Trinajstić information content (AvgIpc) is 2.74. The number of ether oxygens (including phenoxy) is 2. The summed E-state index contributed by atoms with van der Waals surface area (Å²) in [5.41, 5.74) is 1.45. The van der Waals surface area contributed by atoms with Gasteiger partial charge in [-0.25, -0.2) is 8.42 Å². The fraction of sp³-hybridized carbons (Fsp3) is 0.286. The van der Waals surface area contributed by atoms with Crippen molar-refractivity contribution in [1.82, 2.24) is 4.31 Å². The molecule has 0 atom stereocenters. The summed E-state index contributed by atoms with van der Waals surface area (Å²) in [4.78, 5) is 12.8. The predicted molar refractivity (Wildman–Crippen MR) is 111 cm³/mol. The Morgan fingerprint density at radius 3 is 2.55 bits per heavy atom. The Bertz CT molecular complexity index is 981. The number of rotatable bonds is 7. The van der Waals surface area contributed by atoms with Crippen LogP contribution < -0.4 is 10.1 Å². The van der Waals surface area contributed by atoms with E-state index in [4.69, 9.17) is 9.47 Å². The number of carbonyl (C=O) groups is 1. The van der Waals surface area contributed by atoms with E-state index < -0.39 is 10.0 Å². The van der Waals surface area contributed by atoms with E-state index in [-0.39, 0.29) is 16.4 Å². The molecule has 1 heterocycles. The monoisotopic (exact) mass is 416 g/mol. The van der Waals surface area contributed by atoms with Gasteiger partial charge in [0.1, 0.15) is 12.4 Å². The van der Waals surface area contributed by atoms with Gasteiger partial charge in [-0.3, -0.25) is 4.79 Å². The van der Waals surface area contributed by atoms with Gasteiger partial charge in [0.05, 0.1) is 18.1 Å². The van der Waals surface area contributed by atoms with Gasteiger partial charge < -0.3 is 14.8 Å². The fourth-order valence-corrected chi connectivity index (χ4v) is 4.60. The van der Waals surface area contributed by atoms with Crippen LogP contribution in [-0.2, 0) is 14.8 Å². The van der Waals surface area contributed by atoms with Crippen LogP contribution in [0, 0.1) is 6.92 Å². The summed E-state index contributed by atoms with van der Waals surface area (Å²) in [6, 6.07) is 11.6. The highest BCUT2D eigenvalue weighted by Gasteiger charge is 2.28. The molecule has 8 heteroatoms. The van der Waals surface area contributed by atoms with Crippen LogP contribution in [0.1, 0.15) is 15.9 Å². The van der Waals surface area contributed by atoms with Gasteiger partial charge >= 0.3 is 0 Å². The third-order valence-corrected chi connectivity index (χ3v) is 6.56. The molecule has 0 spiro atoms. The van der Waals surface area contributed by atoms with Crippen molar-refractivity contribution in [3.63, 3.8) is 0 Å². The Morgan fingerprint density at radius 2 is 1.90 bits per heavy atom. The van der Waals surface area contributed by atoms with Crippen molar-refractivity contribution in [3.05, 3.63) is 66.2 Å². The number of nitrogens with one attached hydrogen (secondary N) is 1. The maximum atomic E-state index is 13.0. The lowest BCUT2D eigenvalue weighted by molar-refractivity contribution is 0.0730. The zero-order valence-corrected chi connectivity index (χ0v) is 17.1. The molecule has 7 nitrogen and oxygen atoms in total. The van der Waals surface area contributed by atoms with Crippen molar-refractivity contribution >= 4 is 21.6 Å². The topological polar surface area (TPSA) is 84.9 Å². The second kappa shape index (κ2) is 9.21. The van der Waals surface area contributed by atoms with E-state index in [2.05, 4.69) is 11.9 Å². The molecule has 0 saturated carbocycles. The highest BCUT2D eigenvalue weighted by molar-refractivity contribution is 7.89. The lowest BCUT2D eigenvalue weighted by Crippen LogP contribution is -2.40. The molecule has 1 N–H and O–H groups in total. The minimum absolute atomic E-state index is 0.139. The van der Waals surface area contributed by atoms with Crippen molar-refractivity contribution in [2.45, 2.75) is 11.8 Å². The summed E-state index contributed by atoms with van der Waals surface area (Å²) in [6.45, 7) is 7.05. The second-order valence-corrected chi connectivity index (χ2v) is 8.48. The molecular formula is C21H24N2O5S.